The number of nitrogens with zero attached hydrogens (tertiary/aromatic N) is 2. The van der Waals surface area contributed by atoms with Crippen LogP contribution in [-0.4, -0.2) is 57.1 Å². The molecule has 0 spiro atoms. The average Bonchev–Trinajstić information content (AvgIpc) is 3.05. The fourth-order valence-corrected chi connectivity index (χ4v) is 4.29. The number of ether oxygens (including phenoxy) is 2. The number of amides is 1. The molecule has 1 amide bonds. The largest absolute Gasteiger partial charge is 0.493 e. The van der Waals surface area contributed by atoms with Gasteiger partial charge in [-0.25, -0.2) is 0 Å². The number of carbonyl (C=O) groups is 1. The van der Waals surface area contributed by atoms with Gasteiger partial charge in [-0.05, 0) is 63.8 Å². The first-order valence-corrected chi connectivity index (χ1v) is 10.6. The zero-order chi connectivity index (χ0) is 23.0. The Morgan fingerprint density at radius 1 is 1.03 bits per heavy atom. The highest BCUT2D eigenvalue weighted by Crippen LogP contribution is 2.41. The van der Waals surface area contributed by atoms with Crippen LogP contribution in [0.3, 0.4) is 0 Å². The topological polar surface area (TPSA) is 72.2 Å². The van der Waals surface area contributed by atoms with Crippen LogP contribution < -0.4 is 14.9 Å². The highest BCUT2D eigenvalue weighted by molar-refractivity contribution is 5.99. The van der Waals surface area contributed by atoms with Crippen molar-refractivity contribution in [2.75, 3.05) is 41.4 Å². The number of methoxy groups -OCH3 is 2. The fourth-order valence-electron chi connectivity index (χ4n) is 4.29. The van der Waals surface area contributed by atoms with Gasteiger partial charge < -0.3 is 23.7 Å². The van der Waals surface area contributed by atoms with Gasteiger partial charge in [-0.3, -0.25) is 9.59 Å². The molecule has 2 heterocycles. The van der Waals surface area contributed by atoms with Gasteiger partial charge in [0.25, 0.3) is 5.91 Å². The Labute approximate surface area is 187 Å². The van der Waals surface area contributed by atoms with Gasteiger partial charge in [0, 0.05) is 6.54 Å². The first-order chi connectivity index (χ1) is 15.3. The van der Waals surface area contributed by atoms with E-state index >= 15 is 0 Å². The Kier molecular flexibility index (Phi) is 5.93. The maximum Gasteiger partial charge on any atom is 0.290 e. The molecule has 1 aromatic heterocycles. The molecule has 2 aromatic carbocycles. The summed E-state index contributed by atoms with van der Waals surface area (Å²) >= 11 is 0. The van der Waals surface area contributed by atoms with E-state index in [0.717, 1.165) is 24.1 Å². The summed E-state index contributed by atoms with van der Waals surface area (Å²) < 4.78 is 16.9. The first kappa shape index (κ1) is 21.9. The van der Waals surface area contributed by atoms with E-state index in [1.54, 1.807) is 31.3 Å². The number of carbonyl (C=O) groups excluding carboxylic acids is 1. The molecule has 0 unspecified atom stereocenters. The Morgan fingerprint density at radius 2 is 1.78 bits per heavy atom. The molecule has 1 atom stereocenters. The van der Waals surface area contributed by atoms with Crippen molar-refractivity contribution in [1.29, 1.82) is 0 Å². The maximum atomic E-state index is 13.6. The summed E-state index contributed by atoms with van der Waals surface area (Å²) in [6.45, 7) is 3.24. The summed E-state index contributed by atoms with van der Waals surface area (Å²) in [5, 5.41) is 0.483. The van der Waals surface area contributed by atoms with E-state index in [2.05, 4.69) is 4.90 Å². The molecule has 0 saturated heterocycles. The molecule has 7 nitrogen and oxygen atoms in total. The second-order valence-corrected chi connectivity index (χ2v) is 8.35. The number of benzene rings is 2. The van der Waals surface area contributed by atoms with Crippen molar-refractivity contribution in [2.24, 2.45) is 0 Å². The van der Waals surface area contributed by atoms with Gasteiger partial charge in [-0.2, -0.15) is 0 Å². The number of aryl methyl sites for hydroxylation is 1. The third-order valence-electron chi connectivity index (χ3n) is 5.85. The zero-order valence-corrected chi connectivity index (χ0v) is 19.1. The number of rotatable bonds is 7. The number of hydrogen-bond acceptors (Lipinski definition) is 6. The van der Waals surface area contributed by atoms with Gasteiger partial charge in [0.15, 0.2) is 16.9 Å². The molecule has 3 aromatic rings. The fraction of sp³-hybridized carbons (Fsp3) is 0.360. The van der Waals surface area contributed by atoms with Crippen molar-refractivity contribution in [2.45, 2.75) is 19.4 Å². The van der Waals surface area contributed by atoms with Gasteiger partial charge in [0.2, 0.25) is 5.76 Å². The van der Waals surface area contributed by atoms with Gasteiger partial charge in [-0.15, -0.1) is 0 Å². The van der Waals surface area contributed by atoms with E-state index < -0.39 is 6.04 Å². The molecule has 0 radical (unpaired) electrons. The lowest BCUT2D eigenvalue weighted by Gasteiger charge is -2.26. The molecule has 0 saturated carbocycles. The molecule has 0 fully saturated rings. The van der Waals surface area contributed by atoms with Crippen LogP contribution in [0.2, 0.25) is 0 Å². The van der Waals surface area contributed by atoms with Gasteiger partial charge in [-0.1, -0.05) is 17.7 Å². The van der Waals surface area contributed by atoms with Crippen LogP contribution in [0.5, 0.6) is 11.5 Å². The lowest BCUT2D eigenvalue weighted by molar-refractivity contribution is 0.0722. The van der Waals surface area contributed by atoms with E-state index in [1.807, 2.05) is 45.3 Å². The summed E-state index contributed by atoms with van der Waals surface area (Å²) in [6, 6.07) is 10.4. The lowest BCUT2D eigenvalue weighted by Crippen LogP contribution is -2.32. The Hall–Kier alpha value is -3.32. The van der Waals surface area contributed by atoms with Crippen LogP contribution in [0.1, 0.15) is 39.7 Å². The molecule has 1 aliphatic rings. The SMILES string of the molecule is COc1ccc([C@@H]2c3c(oc4ccc(C)cc4c3=O)C(=O)N2CCCN(C)C)cc1OC. The highest BCUT2D eigenvalue weighted by Gasteiger charge is 2.42. The predicted molar refractivity (Wildman–Crippen MR) is 123 cm³/mol. The third kappa shape index (κ3) is 3.73. The Morgan fingerprint density at radius 3 is 2.47 bits per heavy atom. The molecular weight excluding hydrogens is 408 g/mol. The van der Waals surface area contributed by atoms with Crippen molar-refractivity contribution < 1.29 is 18.7 Å². The second-order valence-electron chi connectivity index (χ2n) is 8.35. The van der Waals surface area contributed by atoms with Gasteiger partial charge >= 0.3 is 0 Å². The molecule has 7 heteroatoms. The quantitative estimate of drug-likeness (QED) is 0.563. The molecule has 0 bridgehead atoms. The summed E-state index contributed by atoms with van der Waals surface area (Å²) in [5.41, 5.74) is 2.37. The number of hydrogen-bond donors (Lipinski definition) is 0. The van der Waals surface area contributed by atoms with E-state index in [0.29, 0.717) is 34.6 Å². The van der Waals surface area contributed by atoms with E-state index in [-0.39, 0.29) is 17.1 Å². The minimum absolute atomic E-state index is 0.121. The average molecular weight is 437 g/mol. The molecular formula is C25H28N2O5. The molecule has 0 aliphatic carbocycles. The smallest absolute Gasteiger partial charge is 0.290 e. The standard InChI is InChI=1S/C25H28N2O5/c1-15-7-9-18-17(13-15)23(28)21-22(16-8-10-19(30-4)20(14-16)31-5)27(12-6-11-26(2)3)25(29)24(21)32-18/h7-10,13-14,22H,6,11-12H2,1-5H3/t22-/m1/s1. The van der Waals surface area contributed by atoms with E-state index in [1.165, 1.54) is 0 Å². The van der Waals surface area contributed by atoms with Crippen LogP contribution in [0.25, 0.3) is 11.0 Å². The van der Waals surface area contributed by atoms with E-state index in [4.69, 9.17) is 13.9 Å². The Bertz CT molecular complexity index is 1230. The molecule has 32 heavy (non-hydrogen) atoms. The highest BCUT2D eigenvalue weighted by atomic mass is 16.5. The molecule has 0 N–H and O–H groups in total. The summed E-state index contributed by atoms with van der Waals surface area (Å²) in [4.78, 5) is 30.8. The van der Waals surface area contributed by atoms with Crippen LogP contribution in [0.4, 0.5) is 0 Å². The zero-order valence-electron chi connectivity index (χ0n) is 19.1. The minimum Gasteiger partial charge on any atom is -0.493 e. The summed E-state index contributed by atoms with van der Waals surface area (Å²) in [5.74, 6) is 0.982. The van der Waals surface area contributed by atoms with Crippen LogP contribution >= 0.6 is 0 Å². The van der Waals surface area contributed by atoms with Crippen molar-refractivity contribution >= 4 is 16.9 Å². The molecule has 4 rings (SSSR count). The minimum atomic E-state index is -0.555. The van der Waals surface area contributed by atoms with Crippen molar-refractivity contribution in [1.82, 2.24) is 9.80 Å². The third-order valence-corrected chi connectivity index (χ3v) is 5.85. The Balaban J connectivity index is 1.90. The maximum absolute atomic E-state index is 13.6. The first-order valence-electron chi connectivity index (χ1n) is 10.6. The van der Waals surface area contributed by atoms with Crippen molar-refractivity contribution in [3.05, 3.63) is 69.1 Å². The summed E-state index contributed by atoms with van der Waals surface area (Å²) in [6.07, 6.45) is 0.767. The van der Waals surface area contributed by atoms with Gasteiger partial charge in [0.05, 0.1) is 31.2 Å². The normalized spacial score (nSPS) is 15.5. The van der Waals surface area contributed by atoms with Crippen LogP contribution in [0.15, 0.2) is 45.6 Å². The van der Waals surface area contributed by atoms with Crippen LogP contribution in [0, 0.1) is 6.92 Å². The predicted octanol–water partition coefficient (Wildman–Crippen LogP) is 3.62. The van der Waals surface area contributed by atoms with E-state index in [9.17, 15) is 9.59 Å². The van der Waals surface area contributed by atoms with Crippen LogP contribution in [-0.2, 0) is 0 Å². The van der Waals surface area contributed by atoms with Crippen molar-refractivity contribution in [3.63, 3.8) is 0 Å². The summed E-state index contributed by atoms with van der Waals surface area (Å²) in [7, 11) is 7.12. The lowest BCUT2D eigenvalue weighted by atomic mass is 9.97. The number of fused-ring (bicyclic) bond motifs is 2. The second kappa shape index (κ2) is 8.67. The molecule has 168 valence electrons. The molecule has 1 aliphatic heterocycles. The van der Waals surface area contributed by atoms with Gasteiger partial charge in [0.1, 0.15) is 5.58 Å². The van der Waals surface area contributed by atoms with Crippen molar-refractivity contribution in [3.8, 4) is 11.5 Å². The monoisotopic (exact) mass is 436 g/mol.